The van der Waals surface area contributed by atoms with Crippen LogP contribution in [0.5, 0.6) is 23.0 Å². The maximum Gasteiger partial charge on any atom is 0.140 e. The lowest BCUT2D eigenvalue weighted by molar-refractivity contribution is 0.400. The number of nitrogens with zero attached hydrogens (tertiary/aromatic N) is 1. The lowest BCUT2D eigenvalue weighted by Crippen LogP contribution is -2.37. The first kappa shape index (κ1) is 29.0. The lowest BCUT2D eigenvalue weighted by Gasteiger charge is -2.45. The average molecular weight is 669 g/mol. The van der Waals surface area contributed by atoms with Gasteiger partial charge in [-0.2, -0.15) is 0 Å². The van der Waals surface area contributed by atoms with Crippen molar-refractivity contribution in [3.63, 3.8) is 0 Å². The SMILES string of the molecule is C1=CCNC(c2ccc3c(c2)Oc2ccccc2C32c3ccccc3Oc3c(-c4cccc5c4c4ccccc4n5-c4ccccc4)cccc32)=C1. The molecule has 0 aliphatic carbocycles. The summed E-state index contributed by atoms with van der Waals surface area (Å²) < 4.78 is 16.3. The Morgan fingerprint density at radius 1 is 0.538 bits per heavy atom. The molecule has 0 saturated heterocycles. The molecule has 0 bridgehead atoms. The number of hydrogen-bond donors (Lipinski definition) is 1. The van der Waals surface area contributed by atoms with Crippen LogP contribution in [0.2, 0.25) is 0 Å². The molecule has 0 radical (unpaired) electrons. The molecule has 3 aliphatic heterocycles. The fourth-order valence-corrected chi connectivity index (χ4v) is 8.83. The molecule has 52 heavy (non-hydrogen) atoms. The maximum atomic E-state index is 7.12. The summed E-state index contributed by atoms with van der Waals surface area (Å²) in [5, 5.41) is 5.93. The van der Waals surface area contributed by atoms with Crippen LogP contribution in [0, 0.1) is 0 Å². The Balaban J connectivity index is 1.22. The van der Waals surface area contributed by atoms with E-state index in [-0.39, 0.29) is 0 Å². The predicted molar refractivity (Wildman–Crippen MR) is 210 cm³/mol. The van der Waals surface area contributed by atoms with Gasteiger partial charge in [-0.15, -0.1) is 0 Å². The van der Waals surface area contributed by atoms with Crippen molar-refractivity contribution in [3.8, 4) is 39.8 Å². The molecule has 0 fully saturated rings. The molecule has 4 heterocycles. The van der Waals surface area contributed by atoms with Crippen molar-refractivity contribution in [2.75, 3.05) is 6.54 Å². The van der Waals surface area contributed by atoms with Crippen LogP contribution in [-0.4, -0.2) is 11.1 Å². The van der Waals surface area contributed by atoms with E-state index in [2.05, 4.69) is 186 Å². The van der Waals surface area contributed by atoms with Gasteiger partial charge in [0.1, 0.15) is 23.0 Å². The minimum absolute atomic E-state index is 0.691. The molecular formula is C48H32N2O2. The van der Waals surface area contributed by atoms with Crippen LogP contribution in [0.15, 0.2) is 176 Å². The molecule has 0 saturated carbocycles. The summed E-state index contributed by atoms with van der Waals surface area (Å²) in [5.74, 6) is 3.39. The molecule has 1 N–H and O–H groups in total. The van der Waals surface area contributed by atoms with Crippen LogP contribution in [0.1, 0.15) is 27.8 Å². The molecule has 7 aromatic carbocycles. The summed E-state index contributed by atoms with van der Waals surface area (Å²) in [6, 6.07) is 56.3. The number of aromatic nitrogens is 1. The maximum absolute atomic E-state index is 7.12. The van der Waals surface area contributed by atoms with Crippen molar-refractivity contribution in [3.05, 3.63) is 204 Å². The fourth-order valence-electron chi connectivity index (χ4n) is 8.83. The van der Waals surface area contributed by atoms with Crippen LogP contribution >= 0.6 is 0 Å². The smallest absolute Gasteiger partial charge is 0.140 e. The van der Waals surface area contributed by atoms with Crippen molar-refractivity contribution in [1.82, 2.24) is 9.88 Å². The number of allylic oxidation sites excluding steroid dienone is 2. The second-order valence-corrected chi connectivity index (χ2v) is 13.6. The Morgan fingerprint density at radius 2 is 1.21 bits per heavy atom. The molecule has 1 unspecified atom stereocenters. The van der Waals surface area contributed by atoms with E-state index in [1.54, 1.807) is 0 Å². The average Bonchev–Trinajstić information content (AvgIpc) is 3.56. The van der Waals surface area contributed by atoms with Gasteiger partial charge in [0.25, 0.3) is 0 Å². The van der Waals surface area contributed by atoms with E-state index in [0.29, 0.717) is 0 Å². The Bertz CT molecular complexity index is 2800. The zero-order chi connectivity index (χ0) is 34.2. The number of nitrogens with one attached hydrogen (secondary N) is 1. The molecule has 4 heteroatoms. The highest BCUT2D eigenvalue weighted by atomic mass is 16.5. The molecule has 1 spiro atoms. The molecule has 1 atom stereocenters. The molecule has 4 nitrogen and oxygen atoms in total. The molecule has 8 aromatic rings. The largest absolute Gasteiger partial charge is 0.457 e. The Kier molecular flexibility index (Phi) is 6.20. The summed E-state index contributed by atoms with van der Waals surface area (Å²) in [7, 11) is 0. The Morgan fingerprint density at radius 3 is 2.04 bits per heavy atom. The summed E-state index contributed by atoms with van der Waals surface area (Å²) in [5.41, 5.74) is 11.5. The highest BCUT2D eigenvalue weighted by Gasteiger charge is 2.51. The van der Waals surface area contributed by atoms with Gasteiger partial charge in [0, 0.05) is 62.1 Å². The first-order valence-corrected chi connectivity index (χ1v) is 17.8. The number of dihydropyridines is 1. The van der Waals surface area contributed by atoms with Gasteiger partial charge < -0.3 is 19.4 Å². The Hall–Kier alpha value is -6.78. The number of para-hydroxylation sites is 5. The van der Waals surface area contributed by atoms with Crippen molar-refractivity contribution in [2.24, 2.45) is 0 Å². The summed E-state index contributed by atoms with van der Waals surface area (Å²) >= 11 is 0. The number of rotatable bonds is 3. The van der Waals surface area contributed by atoms with Crippen molar-refractivity contribution in [2.45, 2.75) is 5.41 Å². The zero-order valence-electron chi connectivity index (χ0n) is 28.2. The minimum Gasteiger partial charge on any atom is -0.457 e. The fraction of sp³-hybridized carbons (Fsp3) is 0.0417. The quantitative estimate of drug-likeness (QED) is 0.204. The van der Waals surface area contributed by atoms with E-state index in [1.165, 1.54) is 16.3 Å². The van der Waals surface area contributed by atoms with Crippen LogP contribution < -0.4 is 14.8 Å². The molecule has 246 valence electrons. The zero-order valence-corrected chi connectivity index (χ0v) is 28.2. The van der Waals surface area contributed by atoms with Gasteiger partial charge in [0.2, 0.25) is 0 Å². The summed E-state index contributed by atoms with van der Waals surface area (Å²) in [6.07, 6.45) is 6.35. The highest BCUT2D eigenvalue weighted by Crippen LogP contribution is 2.63. The number of hydrogen-bond acceptors (Lipinski definition) is 3. The molecule has 1 aromatic heterocycles. The van der Waals surface area contributed by atoms with E-state index in [1.807, 2.05) is 0 Å². The number of fused-ring (bicyclic) bond motifs is 11. The topological polar surface area (TPSA) is 35.4 Å². The van der Waals surface area contributed by atoms with Gasteiger partial charge in [0.05, 0.1) is 16.4 Å². The molecule has 0 amide bonds. The molecule has 3 aliphatic rings. The number of benzene rings is 7. The first-order valence-electron chi connectivity index (χ1n) is 17.8. The van der Waals surface area contributed by atoms with Crippen molar-refractivity contribution < 1.29 is 9.47 Å². The van der Waals surface area contributed by atoms with Crippen molar-refractivity contribution >= 4 is 27.5 Å². The van der Waals surface area contributed by atoms with Crippen LogP contribution in [0.25, 0.3) is 44.3 Å². The van der Waals surface area contributed by atoms with Gasteiger partial charge in [-0.3, -0.25) is 0 Å². The van der Waals surface area contributed by atoms with Gasteiger partial charge in [-0.25, -0.2) is 0 Å². The minimum atomic E-state index is -0.691. The Labute approximate surface area is 301 Å². The van der Waals surface area contributed by atoms with Gasteiger partial charge >= 0.3 is 0 Å². The second-order valence-electron chi connectivity index (χ2n) is 13.6. The monoisotopic (exact) mass is 668 g/mol. The van der Waals surface area contributed by atoms with E-state index < -0.39 is 5.41 Å². The van der Waals surface area contributed by atoms with Gasteiger partial charge in [-0.05, 0) is 54.1 Å². The van der Waals surface area contributed by atoms with Crippen LogP contribution in [0.3, 0.4) is 0 Å². The third kappa shape index (κ3) is 3.97. The standard InChI is InChI=1S/C48H32N2O2/c1-2-14-32(15-3-1)50-41-23-7-4-16-35(41)46-33(17-13-24-42(46)50)34-18-12-21-39-47(34)52-44-26-9-6-20-37(44)48(39)36-19-5-8-25-43(36)51-45-30-31(27-28-38(45)48)40-22-10-11-29-49-40/h1-28,30,49H,29H2. The molecule has 11 rings (SSSR count). The van der Waals surface area contributed by atoms with Gasteiger partial charge in [-0.1, -0.05) is 127 Å². The normalized spacial score (nSPS) is 16.6. The lowest BCUT2D eigenvalue weighted by atomic mass is 9.62. The van der Waals surface area contributed by atoms with E-state index in [9.17, 15) is 0 Å². The van der Waals surface area contributed by atoms with Crippen LogP contribution in [-0.2, 0) is 5.41 Å². The van der Waals surface area contributed by atoms with E-state index >= 15 is 0 Å². The van der Waals surface area contributed by atoms with Crippen molar-refractivity contribution in [1.29, 1.82) is 0 Å². The van der Waals surface area contributed by atoms with E-state index in [0.717, 1.165) is 85.4 Å². The molecular weight excluding hydrogens is 637 g/mol. The highest BCUT2D eigenvalue weighted by molar-refractivity contribution is 6.16. The van der Waals surface area contributed by atoms with Crippen LogP contribution in [0.4, 0.5) is 0 Å². The summed E-state index contributed by atoms with van der Waals surface area (Å²) in [6.45, 7) is 0.800. The first-order chi connectivity index (χ1) is 25.8. The second kappa shape index (κ2) is 11.1. The predicted octanol–water partition coefficient (Wildman–Crippen LogP) is 11.5. The van der Waals surface area contributed by atoms with E-state index in [4.69, 9.17) is 9.47 Å². The van der Waals surface area contributed by atoms with Gasteiger partial charge in [0.15, 0.2) is 0 Å². The summed E-state index contributed by atoms with van der Waals surface area (Å²) in [4.78, 5) is 0. The number of ether oxygens (including phenoxy) is 2. The third-order valence-electron chi connectivity index (χ3n) is 10.9. The third-order valence-corrected chi connectivity index (χ3v) is 10.9.